The lowest BCUT2D eigenvalue weighted by atomic mass is 9.86. The topological polar surface area (TPSA) is 279 Å². The van der Waals surface area contributed by atoms with Crippen LogP contribution in [0, 0.1) is 5.92 Å². The first-order chi connectivity index (χ1) is 24.0. The van der Waals surface area contributed by atoms with Gasteiger partial charge in [-0.05, 0) is 58.5 Å². The number of piperidine rings is 1. The molecule has 3 heterocycles. The predicted molar refractivity (Wildman–Crippen MR) is 182 cm³/mol. The lowest BCUT2D eigenvalue weighted by molar-refractivity contribution is -0.142. The van der Waals surface area contributed by atoms with Gasteiger partial charge < -0.3 is 52.8 Å². The number of carbonyl (C=O) groups excluding carboxylic acids is 8. The molecule has 282 valence electrons. The minimum Gasteiger partial charge on any atom is -0.368 e. The van der Waals surface area contributed by atoms with Gasteiger partial charge in [0.2, 0.25) is 47.3 Å². The third-order valence-electron chi connectivity index (χ3n) is 8.99. The number of amides is 8. The van der Waals surface area contributed by atoms with E-state index in [2.05, 4.69) is 47.2 Å². The smallest absolute Gasteiger partial charge is 0.246 e. The Labute approximate surface area is 296 Å². The molecule has 1 aromatic heterocycles. The Bertz CT molecular complexity index is 1440. The maximum absolute atomic E-state index is 13.5. The maximum atomic E-state index is 13.5. The van der Waals surface area contributed by atoms with E-state index in [4.69, 9.17) is 5.73 Å². The molecule has 8 amide bonds. The third kappa shape index (κ3) is 11.2. The number of hydrogen-bond acceptors (Lipinski definition) is 10. The van der Waals surface area contributed by atoms with Crippen molar-refractivity contribution in [2.45, 2.75) is 102 Å². The second-order valence-corrected chi connectivity index (χ2v) is 13.4. The van der Waals surface area contributed by atoms with Crippen LogP contribution in [0.1, 0.15) is 66.0 Å². The molecule has 0 saturated carbocycles. The van der Waals surface area contributed by atoms with E-state index in [9.17, 15) is 38.4 Å². The van der Waals surface area contributed by atoms with Crippen LogP contribution in [0.4, 0.5) is 0 Å². The van der Waals surface area contributed by atoms with Gasteiger partial charge in [-0.25, -0.2) is 4.98 Å². The molecule has 2 aliphatic heterocycles. The molecule has 0 spiro atoms. The lowest BCUT2D eigenvalue weighted by Gasteiger charge is -2.39. The van der Waals surface area contributed by atoms with Gasteiger partial charge in [0.1, 0.15) is 35.7 Å². The number of nitrogens with one attached hydrogen (secondary N) is 8. The van der Waals surface area contributed by atoms with Gasteiger partial charge in [-0.1, -0.05) is 13.8 Å². The fraction of sp³-hybridized carbons (Fsp3) is 0.656. The number of nitrogens with zero attached hydrogens (tertiary/aromatic N) is 2. The largest absolute Gasteiger partial charge is 0.368 e. The summed E-state index contributed by atoms with van der Waals surface area (Å²) in [6.07, 6.45) is 4.29. The highest BCUT2D eigenvalue weighted by molar-refractivity contribution is 5.98. The van der Waals surface area contributed by atoms with E-state index in [-0.39, 0.29) is 31.7 Å². The molecular weight excluding hydrogens is 666 g/mol. The molecule has 2 fully saturated rings. The number of aromatic nitrogens is 2. The number of H-pyrrole nitrogens is 1. The highest BCUT2D eigenvalue weighted by Crippen LogP contribution is 2.23. The van der Waals surface area contributed by atoms with Crippen molar-refractivity contribution in [3.05, 3.63) is 18.2 Å². The van der Waals surface area contributed by atoms with Crippen LogP contribution < -0.4 is 43.0 Å². The highest BCUT2D eigenvalue weighted by Gasteiger charge is 2.45. The van der Waals surface area contributed by atoms with Crippen LogP contribution in [0.3, 0.4) is 0 Å². The standard InChI is InChI=1S/C32H51N11O8/c1-17(2)25(40-20(5)44)30(50)41-22(13-21-14-35-16-37-21)28(48)38-19(4)27(47)36-15-24(45)43-12-6-7-23(43)29(49)42-32(8-10-34-11-9-32)31(51)39-18(3)26(33)46/h14,16-19,22-23,25,34H,6-13,15H2,1-5H3,(H2,33,46)(H,35,37)(H,36,47)(H,38,48)(H,39,51)(H,40,44)(H,41,50)(H,42,49)/t18-,19-,22-,23-,25-/m0/s1. The zero-order valence-electron chi connectivity index (χ0n) is 29.7. The molecule has 5 atom stereocenters. The van der Waals surface area contributed by atoms with Crippen molar-refractivity contribution in [3.8, 4) is 0 Å². The van der Waals surface area contributed by atoms with E-state index in [1.807, 2.05) is 0 Å². The van der Waals surface area contributed by atoms with Gasteiger partial charge in [0.05, 0.1) is 12.9 Å². The summed E-state index contributed by atoms with van der Waals surface area (Å²) in [5, 5.41) is 18.8. The summed E-state index contributed by atoms with van der Waals surface area (Å²) < 4.78 is 0. The fourth-order valence-corrected chi connectivity index (χ4v) is 5.96. The summed E-state index contributed by atoms with van der Waals surface area (Å²) in [4.78, 5) is 111. The van der Waals surface area contributed by atoms with Crippen molar-refractivity contribution >= 4 is 47.3 Å². The molecule has 19 nitrogen and oxygen atoms in total. The normalized spacial score (nSPS) is 19.1. The Hall–Kier alpha value is -5.07. The maximum Gasteiger partial charge on any atom is 0.246 e. The summed E-state index contributed by atoms with van der Waals surface area (Å²) in [5.74, 6) is -4.97. The Kier molecular flexibility index (Phi) is 14.4. The zero-order valence-corrected chi connectivity index (χ0v) is 29.7. The van der Waals surface area contributed by atoms with Crippen LogP contribution in [-0.2, 0) is 44.8 Å². The Morgan fingerprint density at radius 1 is 0.941 bits per heavy atom. The van der Waals surface area contributed by atoms with Crippen molar-refractivity contribution in [3.63, 3.8) is 0 Å². The van der Waals surface area contributed by atoms with Crippen molar-refractivity contribution in [2.24, 2.45) is 11.7 Å². The predicted octanol–water partition coefficient (Wildman–Crippen LogP) is -3.56. The minimum atomic E-state index is -1.31. The Morgan fingerprint density at radius 3 is 2.22 bits per heavy atom. The first kappa shape index (κ1) is 40.4. The molecule has 51 heavy (non-hydrogen) atoms. The van der Waals surface area contributed by atoms with Crippen LogP contribution >= 0.6 is 0 Å². The summed E-state index contributed by atoms with van der Waals surface area (Å²) >= 11 is 0. The van der Waals surface area contributed by atoms with Gasteiger partial charge in [-0.15, -0.1) is 0 Å². The molecule has 0 bridgehead atoms. The average molecular weight is 718 g/mol. The van der Waals surface area contributed by atoms with Gasteiger partial charge in [0, 0.05) is 31.8 Å². The molecule has 0 aromatic carbocycles. The summed E-state index contributed by atoms with van der Waals surface area (Å²) in [5.41, 5.74) is 4.54. The Balaban J connectivity index is 1.60. The number of imidazole rings is 1. The van der Waals surface area contributed by atoms with E-state index < -0.39 is 89.6 Å². The number of aromatic amines is 1. The molecule has 2 aliphatic rings. The first-order valence-electron chi connectivity index (χ1n) is 17.1. The molecule has 0 unspecified atom stereocenters. The molecule has 3 rings (SSSR count). The molecule has 10 N–H and O–H groups in total. The molecule has 0 radical (unpaired) electrons. The molecular formula is C32H51N11O8. The number of nitrogens with two attached hydrogens (primary N) is 1. The van der Waals surface area contributed by atoms with E-state index in [0.29, 0.717) is 31.6 Å². The van der Waals surface area contributed by atoms with Gasteiger partial charge in [0.15, 0.2) is 0 Å². The van der Waals surface area contributed by atoms with Crippen molar-refractivity contribution in [2.75, 3.05) is 26.2 Å². The van der Waals surface area contributed by atoms with Gasteiger partial charge in [-0.3, -0.25) is 38.4 Å². The second-order valence-electron chi connectivity index (χ2n) is 13.4. The number of rotatable bonds is 16. The molecule has 2 saturated heterocycles. The molecule has 1 aromatic rings. The minimum absolute atomic E-state index is 0.0112. The number of carbonyl (C=O) groups is 8. The van der Waals surface area contributed by atoms with E-state index >= 15 is 0 Å². The summed E-state index contributed by atoms with van der Waals surface area (Å²) in [6.45, 7) is 8.31. The van der Waals surface area contributed by atoms with E-state index in [1.165, 1.54) is 38.2 Å². The van der Waals surface area contributed by atoms with Crippen molar-refractivity contribution in [1.29, 1.82) is 0 Å². The van der Waals surface area contributed by atoms with Crippen molar-refractivity contribution < 1.29 is 38.4 Å². The van der Waals surface area contributed by atoms with Gasteiger partial charge in [0.25, 0.3) is 0 Å². The fourth-order valence-electron chi connectivity index (χ4n) is 5.96. The third-order valence-corrected chi connectivity index (χ3v) is 8.99. The first-order valence-corrected chi connectivity index (χ1v) is 17.1. The quantitative estimate of drug-likeness (QED) is 0.0812. The SMILES string of the molecule is CC(=O)N[C@H](C(=O)N[C@@H](Cc1cnc[nH]1)C(=O)N[C@@H](C)C(=O)NCC(=O)N1CCC[C@H]1C(=O)NC1(C(=O)N[C@@H](C)C(N)=O)CCNCC1)C(C)C. The number of hydrogen-bond donors (Lipinski definition) is 9. The lowest BCUT2D eigenvalue weighted by Crippen LogP contribution is -2.66. The van der Waals surface area contributed by atoms with Crippen LogP contribution in [0.25, 0.3) is 0 Å². The van der Waals surface area contributed by atoms with Crippen LogP contribution in [0.15, 0.2) is 12.5 Å². The van der Waals surface area contributed by atoms with Gasteiger partial charge >= 0.3 is 0 Å². The molecule has 0 aliphatic carbocycles. The average Bonchev–Trinajstić information content (AvgIpc) is 3.78. The van der Waals surface area contributed by atoms with Crippen LogP contribution in [-0.4, -0.2) is 124 Å². The molecule has 19 heteroatoms. The highest BCUT2D eigenvalue weighted by atomic mass is 16.2. The van der Waals surface area contributed by atoms with Crippen molar-refractivity contribution in [1.82, 2.24) is 52.1 Å². The second kappa shape index (κ2) is 18.2. The number of primary amides is 1. The van der Waals surface area contributed by atoms with E-state index in [0.717, 1.165) is 0 Å². The monoisotopic (exact) mass is 717 g/mol. The van der Waals surface area contributed by atoms with E-state index in [1.54, 1.807) is 13.8 Å². The zero-order chi connectivity index (χ0) is 37.9. The Morgan fingerprint density at radius 2 is 1.63 bits per heavy atom. The summed E-state index contributed by atoms with van der Waals surface area (Å²) in [6, 6.07) is -5.01. The van der Waals surface area contributed by atoms with Crippen LogP contribution in [0.2, 0.25) is 0 Å². The van der Waals surface area contributed by atoms with Crippen LogP contribution in [0.5, 0.6) is 0 Å². The number of likely N-dealkylation sites (tertiary alicyclic amines) is 1. The van der Waals surface area contributed by atoms with Gasteiger partial charge in [-0.2, -0.15) is 0 Å². The summed E-state index contributed by atoms with van der Waals surface area (Å²) in [7, 11) is 0.